The van der Waals surface area contributed by atoms with E-state index in [0.29, 0.717) is 6.07 Å². The predicted octanol–water partition coefficient (Wildman–Crippen LogP) is 2.06. The zero-order valence-corrected chi connectivity index (χ0v) is 9.02. The lowest BCUT2D eigenvalue weighted by Crippen LogP contribution is -2.06. The molecule has 0 saturated heterocycles. The summed E-state index contributed by atoms with van der Waals surface area (Å²) >= 11 is 0. The van der Waals surface area contributed by atoms with Crippen LogP contribution in [0.2, 0.25) is 0 Å². The number of alkyl halides is 3. The van der Waals surface area contributed by atoms with Crippen LogP contribution in [0.15, 0.2) is 18.2 Å². The Bertz CT molecular complexity index is 619. The number of nitrogens with zero attached hydrogens (tertiary/aromatic N) is 2. The molecule has 2 rings (SSSR count). The van der Waals surface area contributed by atoms with Crippen LogP contribution in [0, 0.1) is 0 Å². The van der Waals surface area contributed by atoms with Gasteiger partial charge < -0.3 is 9.84 Å². The molecule has 2 aromatic heterocycles. The summed E-state index contributed by atoms with van der Waals surface area (Å²) in [7, 11) is 1.25. The van der Waals surface area contributed by atoms with Crippen molar-refractivity contribution in [3.8, 4) is 5.88 Å². The normalized spacial score (nSPS) is 11.8. The summed E-state index contributed by atoms with van der Waals surface area (Å²) in [5.74, 6) is -1.32. The van der Waals surface area contributed by atoms with E-state index in [4.69, 9.17) is 9.84 Å². The molecule has 2 aromatic rings. The van der Waals surface area contributed by atoms with Crippen LogP contribution in [-0.2, 0) is 6.18 Å². The summed E-state index contributed by atoms with van der Waals surface area (Å²) in [5.41, 5.74) is -1.62. The van der Waals surface area contributed by atoms with E-state index in [9.17, 15) is 18.0 Å². The maximum Gasteiger partial charge on any atom is 0.435 e. The Labute approximate surface area is 98.4 Å². The van der Waals surface area contributed by atoms with Gasteiger partial charge in [-0.05, 0) is 12.1 Å². The van der Waals surface area contributed by atoms with Crippen LogP contribution in [0.4, 0.5) is 13.2 Å². The van der Waals surface area contributed by atoms with Crippen molar-refractivity contribution in [1.82, 2.24) is 9.61 Å². The van der Waals surface area contributed by atoms with Gasteiger partial charge in [0.15, 0.2) is 5.69 Å². The van der Waals surface area contributed by atoms with Crippen LogP contribution in [-0.4, -0.2) is 27.8 Å². The molecule has 0 amide bonds. The van der Waals surface area contributed by atoms with Gasteiger partial charge in [-0.3, -0.25) is 0 Å². The SMILES string of the molecule is COc1ccc(C(=O)O)c2cc(C(F)(F)F)nn12. The number of hydrogen-bond donors (Lipinski definition) is 1. The van der Waals surface area contributed by atoms with Crippen LogP contribution < -0.4 is 4.74 Å². The number of fused-ring (bicyclic) bond motifs is 1. The highest BCUT2D eigenvalue weighted by molar-refractivity contribution is 5.95. The van der Waals surface area contributed by atoms with Gasteiger partial charge in [0.05, 0.1) is 18.2 Å². The van der Waals surface area contributed by atoms with E-state index in [2.05, 4.69) is 5.10 Å². The van der Waals surface area contributed by atoms with Crippen LogP contribution in [0.25, 0.3) is 5.52 Å². The zero-order valence-electron chi connectivity index (χ0n) is 9.02. The number of carboxylic acid groups (broad SMARTS) is 1. The number of hydrogen-bond acceptors (Lipinski definition) is 3. The number of aromatic carboxylic acids is 1. The average molecular weight is 260 g/mol. The fourth-order valence-corrected chi connectivity index (χ4v) is 1.53. The first-order valence-corrected chi connectivity index (χ1v) is 4.72. The Balaban J connectivity index is 2.78. The van der Waals surface area contributed by atoms with Crippen molar-refractivity contribution < 1.29 is 27.8 Å². The molecule has 1 N–H and O–H groups in total. The highest BCUT2D eigenvalue weighted by Crippen LogP contribution is 2.31. The molecule has 0 aromatic carbocycles. The van der Waals surface area contributed by atoms with E-state index in [1.807, 2.05) is 0 Å². The van der Waals surface area contributed by atoms with Gasteiger partial charge in [-0.2, -0.15) is 22.8 Å². The molecule has 0 atom stereocenters. The molecule has 0 radical (unpaired) electrons. The van der Waals surface area contributed by atoms with Crippen molar-refractivity contribution in [2.75, 3.05) is 7.11 Å². The lowest BCUT2D eigenvalue weighted by molar-refractivity contribution is -0.141. The molecule has 5 nitrogen and oxygen atoms in total. The number of carboxylic acids is 1. The van der Waals surface area contributed by atoms with Gasteiger partial charge in [0.1, 0.15) is 0 Å². The van der Waals surface area contributed by atoms with Gasteiger partial charge in [0, 0.05) is 6.07 Å². The Morgan fingerprint density at radius 1 is 1.44 bits per heavy atom. The van der Waals surface area contributed by atoms with Gasteiger partial charge in [0.25, 0.3) is 0 Å². The number of rotatable bonds is 2. The number of aromatic nitrogens is 2. The monoisotopic (exact) mass is 260 g/mol. The number of ether oxygens (including phenoxy) is 1. The highest BCUT2D eigenvalue weighted by Gasteiger charge is 2.35. The van der Waals surface area contributed by atoms with E-state index in [1.54, 1.807) is 0 Å². The predicted molar refractivity (Wildman–Crippen MR) is 53.7 cm³/mol. The minimum absolute atomic E-state index is 0.0190. The molecular formula is C10H7F3N2O3. The average Bonchev–Trinajstić information content (AvgIpc) is 2.71. The molecule has 0 aliphatic heterocycles. The lowest BCUT2D eigenvalue weighted by atomic mass is 10.2. The molecule has 8 heteroatoms. The largest absolute Gasteiger partial charge is 0.481 e. The van der Waals surface area contributed by atoms with E-state index >= 15 is 0 Å². The second-order valence-corrected chi connectivity index (χ2v) is 3.42. The van der Waals surface area contributed by atoms with Crippen LogP contribution in [0.3, 0.4) is 0 Å². The lowest BCUT2D eigenvalue weighted by Gasteiger charge is -2.04. The summed E-state index contributed by atoms with van der Waals surface area (Å²) < 4.78 is 43.2. The molecule has 2 heterocycles. The Morgan fingerprint density at radius 3 is 2.61 bits per heavy atom. The standard InChI is InChI=1S/C10H7F3N2O3/c1-18-8-3-2-5(9(16)17)6-4-7(10(11,12)13)14-15(6)8/h2-4H,1H3,(H,16,17). The number of pyridine rings is 1. The maximum absolute atomic E-state index is 12.5. The molecule has 0 spiro atoms. The third-order valence-corrected chi connectivity index (χ3v) is 2.32. The molecular weight excluding hydrogens is 253 g/mol. The first-order valence-electron chi connectivity index (χ1n) is 4.72. The molecule has 0 aliphatic carbocycles. The van der Waals surface area contributed by atoms with Crippen molar-refractivity contribution in [1.29, 1.82) is 0 Å². The second kappa shape index (κ2) is 3.90. The molecule has 96 valence electrons. The zero-order chi connectivity index (χ0) is 13.5. The molecule has 18 heavy (non-hydrogen) atoms. The third-order valence-electron chi connectivity index (χ3n) is 2.32. The fraction of sp³-hybridized carbons (Fsp3) is 0.200. The van der Waals surface area contributed by atoms with Crippen molar-refractivity contribution in [2.45, 2.75) is 6.18 Å². The summed E-state index contributed by atoms with van der Waals surface area (Å²) in [4.78, 5) is 10.9. The molecule has 0 fully saturated rings. The Hall–Kier alpha value is -2.25. The van der Waals surface area contributed by atoms with Crippen LogP contribution >= 0.6 is 0 Å². The minimum atomic E-state index is -4.65. The first kappa shape index (κ1) is 12.2. The van der Waals surface area contributed by atoms with Crippen molar-refractivity contribution >= 4 is 11.5 Å². The quantitative estimate of drug-likeness (QED) is 0.897. The number of carbonyl (C=O) groups is 1. The van der Waals surface area contributed by atoms with Gasteiger partial charge in [-0.1, -0.05) is 0 Å². The van der Waals surface area contributed by atoms with Gasteiger partial charge in [-0.15, -0.1) is 0 Å². The van der Waals surface area contributed by atoms with Crippen molar-refractivity contribution in [3.63, 3.8) is 0 Å². The second-order valence-electron chi connectivity index (χ2n) is 3.42. The van der Waals surface area contributed by atoms with E-state index < -0.39 is 17.8 Å². The summed E-state index contributed by atoms with van der Waals surface area (Å²) in [5, 5.41) is 12.2. The maximum atomic E-state index is 12.5. The number of methoxy groups -OCH3 is 1. The molecule has 0 unspecified atom stereocenters. The summed E-state index contributed by atoms with van der Waals surface area (Å²) in [6, 6.07) is 3.08. The van der Waals surface area contributed by atoms with Gasteiger partial charge in [-0.25, -0.2) is 4.79 Å². The van der Waals surface area contributed by atoms with Crippen LogP contribution in [0.1, 0.15) is 16.1 Å². The Morgan fingerprint density at radius 2 is 2.11 bits per heavy atom. The molecule has 0 aliphatic rings. The number of halogens is 3. The van der Waals surface area contributed by atoms with Crippen LogP contribution in [0.5, 0.6) is 5.88 Å². The van der Waals surface area contributed by atoms with E-state index in [0.717, 1.165) is 4.52 Å². The fourth-order valence-electron chi connectivity index (χ4n) is 1.53. The Kier molecular flexibility index (Phi) is 2.64. The minimum Gasteiger partial charge on any atom is -0.481 e. The topological polar surface area (TPSA) is 63.8 Å². The van der Waals surface area contributed by atoms with E-state index in [1.165, 1.54) is 19.2 Å². The third kappa shape index (κ3) is 1.85. The molecule has 0 bridgehead atoms. The highest BCUT2D eigenvalue weighted by atomic mass is 19.4. The van der Waals surface area contributed by atoms with Crippen molar-refractivity contribution in [3.05, 3.63) is 29.5 Å². The smallest absolute Gasteiger partial charge is 0.435 e. The first-order chi connectivity index (χ1) is 8.34. The van der Waals surface area contributed by atoms with Gasteiger partial charge >= 0.3 is 12.1 Å². The van der Waals surface area contributed by atoms with Crippen molar-refractivity contribution in [2.24, 2.45) is 0 Å². The molecule has 0 saturated carbocycles. The van der Waals surface area contributed by atoms with E-state index in [-0.39, 0.29) is 17.0 Å². The summed E-state index contributed by atoms with van der Waals surface area (Å²) in [6.07, 6.45) is -4.65. The summed E-state index contributed by atoms with van der Waals surface area (Å²) in [6.45, 7) is 0. The van der Waals surface area contributed by atoms with Gasteiger partial charge in [0.2, 0.25) is 5.88 Å².